The van der Waals surface area contributed by atoms with Gasteiger partial charge in [0.05, 0.1) is 18.9 Å². The molecule has 3 rings (SSSR count). The highest BCUT2D eigenvalue weighted by Gasteiger charge is 2.28. The van der Waals surface area contributed by atoms with E-state index in [9.17, 15) is 14.0 Å². The van der Waals surface area contributed by atoms with Crippen molar-refractivity contribution in [3.05, 3.63) is 59.8 Å². The minimum absolute atomic E-state index is 0.00578. The van der Waals surface area contributed by atoms with E-state index in [1.807, 2.05) is 19.9 Å². The number of amides is 2. The van der Waals surface area contributed by atoms with E-state index in [0.29, 0.717) is 37.4 Å². The highest BCUT2D eigenvalue weighted by molar-refractivity contribution is 5.96. The van der Waals surface area contributed by atoms with Crippen LogP contribution in [-0.4, -0.2) is 53.5 Å². The van der Waals surface area contributed by atoms with Gasteiger partial charge in [0.2, 0.25) is 5.91 Å². The number of carbonyl (C=O) groups excluding carboxylic acids is 2. The highest BCUT2D eigenvalue weighted by Crippen LogP contribution is 2.17. The second-order valence-corrected chi connectivity index (χ2v) is 7.69. The van der Waals surface area contributed by atoms with Crippen LogP contribution in [0.25, 0.3) is 0 Å². The summed E-state index contributed by atoms with van der Waals surface area (Å²) in [6, 6.07) is 8.88. The third-order valence-corrected chi connectivity index (χ3v) is 5.51. The quantitative estimate of drug-likeness (QED) is 0.623. The summed E-state index contributed by atoms with van der Waals surface area (Å²) in [5.41, 5.74) is 0.362. The first-order valence-electron chi connectivity index (χ1n) is 10.5. The Hall–Kier alpha value is -2.67. The lowest BCUT2D eigenvalue weighted by molar-refractivity contribution is -0.134. The topological polar surface area (TPSA) is 63.0 Å². The fourth-order valence-corrected chi connectivity index (χ4v) is 3.53. The number of rotatable bonds is 9. The Morgan fingerprint density at radius 3 is 2.60 bits per heavy atom. The Balaban J connectivity index is 1.76. The average molecular weight is 416 g/mol. The maximum Gasteiger partial charge on any atom is 0.254 e. The number of hydrogen-bond acceptors (Lipinski definition) is 4. The predicted molar refractivity (Wildman–Crippen MR) is 110 cm³/mol. The zero-order chi connectivity index (χ0) is 21.5. The Labute approximate surface area is 176 Å². The monoisotopic (exact) mass is 416 g/mol. The van der Waals surface area contributed by atoms with E-state index >= 15 is 0 Å². The van der Waals surface area contributed by atoms with Crippen LogP contribution in [0.4, 0.5) is 4.39 Å². The summed E-state index contributed by atoms with van der Waals surface area (Å²) in [5, 5.41) is 0. The maximum absolute atomic E-state index is 13.3. The van der Waals surface area contributed by atoms with E-state index < -0.39 is 5.82 Å². The molecule has 0 aliphatic carbocycles. The van der Waals surface area contributed by atoms with Crippen molar-refractivity contribution in [2.45, 2.75) is 51.8 Å². The van der Waals surface area contributed by atoms with Gasteiger partial charge in [-0.15, -0.1) is 0 Å². The van der Waals surface area contributed by atoms with Crippen molar-refractivity contribution in [2.75, 3.05) is 19.7 Å². The van der Waals surface area contributed by atoms with Crippen molar-refractivity contribution < 1.29 is 23.1 Å². The van der Waals surface area contributed by atoms with Crippen molar-refractivity contribution in [2.24, 2.45) is 0 Å². The number of ether oxygens (including phenoxy) is 1. The number of nitrogens with zero attached hydrogens (tertiary/aromatic N) is 2. The molecule has 1 aliphatic heterocycles. The summed E-state index contributed by atoms with van der Waals surface area (Å²) >= 11 is 0. The molecule has 162 valence electrons. The second-order valence-electron chi connectivity index (χ2n) is 7.69. The van der Waals surface area contributed by atoms with Crippen molar-refractivity contribution in [1.82, 2.24) is 9.80 Å². The molecule has 2 atom stereocenters. The molecular weight excluding hydrogens is 387 g/mol. The first-order chi connectivity index (χ1) is 14.5. The number of carbonyl (C=O) groups is 2. The van der Waals surface area contributed by atoms with Crippen LogP contribution in [0.15, 0.2) is 47.1 Å². The minimum Gasteiger partial charge on any atom is -0.467 e. The molecule has 0 bridgehead atoms. The normalized spacial score (nSPS) is 17.0. The van der Waals surface area contributed by atoms with Crippen LogP contribution in [0, 0.1) is 5.82 Å². The van der Waals surface area contributed by atoms with E-state index in [1.165, 1.54) is 24.3 Å². The summed E-state index contributed by atoms with van der Waals surface area (Å²) in [4.78, 5) is 29.6. The molecule has 7 heteroatoms. The maximum atomic E-state index is 13.3. The fourth-order valence-electron chi connectivity index (χ4n) is 3.53. The third-order valence-electron chi connectivity index (χ3n) is 5.51. The van der Waals surface area contributed by atoms with E-state index in [-0.39, 0.29) is 30.5 Å². The van der Waals surface area contributed by atoms with Gasteiger partial charge in [0, 0.05) is 24.8 Å². The number of benzene rings is 1. The minimum atomic E-state index is -0.404. The summed E-state index contributed by atoms with van der Waals surface area (Å²) in [6.07, 6.45) is 4.16. The van der Waals surface area contributed by atoms with Gasteiger partial charge < -0.3 is 19.0 Å². The largest absolute Gasteiger partial charge is 0.467 e. The van der Waals surface area contributed by atoms with E-state index in [2.05, 4.69) is 0 Å². The molecule has 30 heavy (non-hydrogen) atoms. The molecule has 0 radical (unpaired) electrons. The molecule has 2 heterocycles. The van der Waals surface area contributed by atoms with Crippen LogP contribution < -0.4 is 0 Å². The van der Waals surface area contributed by atoms with Gasteiger partial charge in [0.15, 0.2) is 0 Å². The van der Waals surface area contributed by atoms with Crippen LogP contribution in [0.2, 0.25) is 0 Å². The molecule has 0 spiro atoms. The predicted octanol–water partition coefficient (Wildman–Crippen LogP) is 3.87. The second kappa shape index (κ2) is 10.4. The summed E-state index contributed by atoms with van der Waals surface area (Å²) < 4.78 is 24.4. The SMILES string of the molecule is CCC(C)N(CC(=O)N(Cc1ccco1)CC1CCCO1)C(=O)c1ccc(F)cc1. The van der Waals surface area contributed by atoms with Gasteiger partial charge in [-0.1, -0.05) is 6.92 Å². The molecule has 2 amide bonds. The molecule has 2 unspecified atom stereocenters. The van der Waals surface area contributed by atoms with Crippen LogP contribution in [-0.2, 0) is 16.1 Å². The lowest BCUT2D eigenvalue weighted by Crippen LogP contribution is -2.47. The Kier molecular flexibility index (Phi) is 7.63. The first-order valence-corrected chi connectivity index (χ1v) is 10.5. The molecule has 0 saturated carbocycles. The first kappa shape index (κ1) is 22.0. The van der Waals surface area contributed by atoms with Crippen molar-refractivity contribution in [3.63, 3.8) is 0 Å². The van der Waals surface area contributed by atoms with E-state index in [4.69, 9.17) is 9.15 Å². The molecule has 6 nitrogen and oxygen atoms in total. The van der Waals surface area contributed by atoms with Crippen LogP contribution >= 0.6 is 0 Å². The molecule has 1 aromatic carbocycles. The van der Waals surface area contributed by atoms with Crippen LogP contribution in [0.1, 0.15) is 49.2 Å². The lowest BCUT2D eigenvalue weighted by atomic mass is 10.1. The molecular formula is C23H29FN2O4. The molecule has 1 aliphatic rings. The van der Waals surface area contributed by atoms with Crippen LogP contribution in [0.3, 0.4) is 0 Å². The van der Waals surface area contributed by atoms with Gasteiger partial charge in [-0.3, -0.25) is 9.59 Å². The lowest BCUT2D eigenvalue weighted by Gasteiger charge is -2.32. The summed E-state index contributed by atoms with van der Waals surface area (Å²) in [6.45, 7) is 5.30. The summed E-state index contributed by atoms with van der Waals surface area (Å²) in [7, 11) is 0. The van der Waals surface area contributed by atoms with Crippen molar-refractivity contribution in [3.8, 4) is 0 Å². The van der Waals surface area contributed by atoms with Crippen molar-refractivity contribution >= 4 is 11.8 Å². The fraction of sp³-hybridized carbons (Fsp3) is 0.478. The molecule has 0 N–H and O–H groups in total. The molecule has 2 aromatic rings. The van der Waals surface area contributed by atoms with E-state index in [0.717, 1.165) is 12.8 Å². The van der Waals surface area contributed by atoms with Gasteiger partial charge >= 0.3 is 0 Å². The van der Waals surface area contributed by atoms with Gasteiger partial charge in [-0.2, -0.15) is 0 Å². The number of halogens is 1. The smallest absolute Gasteiger partial charge is 0.254 e. The van der Waals surface area contributed by atoms with Crippen LogP contribution in [0.5, 0.6) is 0 Å². The number of furan rings is 1. The Bertz CT molecular complexity index is 816. The Morgan fingerprint density at radius 2 is 2.00 bits per heavy atom. The van der Waals surface area contributed by atoms with Gasteiger partial charge in [0.1, 0.15) is 18.1 Å². The third kappa shape index (κ3) is 5.69. The molecule has 1 aromatic heterocycles. The Morgan fingerprint density at radius 1 is 1.23 bits per heavy atom. The zero-order valence-corrected chi connectivity index (χ0v) is 17.6. The van der Waals surface area contributed by atoms with Crippen molar-refractivity contribution in [1.29, 1.82) is 0 Å². The standard InChI is InChI=1S/C23H29FN2O4/c1-3-17(2)26(23(28)18-8-10-19(24)11-9-18)16-22(27)25(14-20-6-4-12-29-20)15-21-7-5-13-30-21/h4,6,8-12,17,21H,3,5,7,13-16H2,1-2H3. The molecule has 1 fully saturated rings. The van der Waals surface area contributed by atoms with Gasteiger partial charge in [-0.05, 0) is 62.6 Å². The van der Waals surface area contributed by atoms with Gasteiger partial charge in [0.25, 0.3) is 5.91 Å². The van der Waals surface area contributed by atoms with Gasteiger partial charge in [-0.25, -0.2) is 4.39 Å². The number of hydrogen-bond donors (Lipinski definition) is 0. The zero-order valence-electron chi connectivity index (χ0n) is 17.6. The van der Waals surface area contributed by atoms with E-state index in [1.54, 1.807) is 22.1 Å². The highest BCUT2D eigenvalue weighted by atomic mass is 19.1. The average Bonchev–Trinajstić information content (AvgIpc) is 3.45. The summed E-state index contributed by atoms with van der Waals surface area (Å²) in [5.74, 6) is -0.175. The molecule has 1 saturated heterocycles.